The molecule has 1 aliphatic rings. The first kappa shape index (κ1) is 12.5. The summed E-state index contributed by atoms with van der Waals surface area (Å²) in [6, 6.07) is -0.436. The van der Waals surface area contributed by atoms with Crippen molar-refractivity contribution in [2.45, 2.75) is 50.6 Å². The van der Waals surface area contributed by atoms with Crippen LogP contribution in [0.4, 0.5) is 0 Å². The molecule has 1 saturated carbocycles. The van der Waals surface area contributed by atoms with Crippen molar-refractivity contribution in [3.8, 4) is 0 Å². The van der Waals surface area contributed by atoms with Gasteiger partial charge < -0.3 is 15.8 Å². The topological polar surface area (TPSA) is 64.4 Å². The van der Waals surface area contributed by atoms with Gasteiger partial charge in [0.15, 0.2) is 0 Å². The maximum atomic E-state index is 11.7. The minimum atomic E-state index is -0.436. The van der Waals surface area contributed by atoms with Crippen LogP contribution in [0.1, 0.15) is 39.0 Å². The lowest BCUT2D eigenvalue weighted by Crippen LogP contribution is -2.57. The smallest absolute Gasteiger partial charge is 0.237 e. The van der Waals surface area contributed by atoms with Crippen LogP contribution < -0.4 is 11.1 Å². The molecule has 0 aliphatic heterocycles. The van der Waals surface area contributed by atoms with Crippen molar-refractivity contribution in [1.82, 2.24) is 5.32 Å². The molecule has 0 aromatic carbocycles. The lowest BCUT2D eigenvalue weighted by atomic mass is 9.74. The number of hydrogen-bond donors (Lipinski definition) is 2. The van der Waals surface area contributed by atoms with Gasteiger partial charge in [0.05, 0.1) is 6.04 Å². The quantitative estimate of drug-likeness (QED) is 0.687. The fourth-order valence-electron chi connectivity index (χ4n) is 1.90. The first-order valence-corrected chi connectivity index (χ1v) is 5.70. The SMILES string of the molecule is CCC1(NC(=O)C(N)CCOC)CCC1. The summed E-state index contributed by atoms with van der Waals surface area (Å²) in [4.78, 5) is 11.7. The van der Waals surface area contributed by atoms with Crippen molar-refractivity contribution in [3.63, 3.8) is 0 Å². The van der Waals surface area contributed by atoms with Crippen molar-refractivity contribution in [2.24, 2.45) is 5.73 Å². The van der Waals surface area contributed by atoms with Crippen LogP contribution in [-0.4, -0.2) is 31.2 Å². The van der Waals surface area contributed by atoms with E-state index >= 15 is 0 Å². The summed E-state index contributed by atoms with van der Waals surface area (Å²) in [7, 11) is 1.62. The first-order valence-electron chi connectivity index (χ1n) is 5.70. The third-order valence-electron chi connectivity index (χ3n) is 3.35. The zero-order chi connectivity index (χ0) is 11.3. The van der Waals surface area contributed by atoms with Gasteiger partial charge in [0.2, 0.25) is 5.91 Å². The van der Waals surface area contributed by atoms with E-state index in [2.05, 4.69) is 12.2 Å². The third kappa shape index (κ3) is 3.18. The Morgan fingerprint density at radius 3 is 2.67 bits per heavy atom. The normalized spacial score (nSPS) is 20.5. The molecule has 0 spiro atoms. The van der Waals surface area contributed by atoms with Crippen LogP contribution in [0.25, 0.3) is 0 Å². The molecule has 0 radical (unpaired) electrons. The van der Waals surface area contributed by atoms with Gasteiger partial charge in [0, 0.05) is 19.3 Å². The average Bonchev–Trinajstić information content (AvgIpc) is 2.19. The molecule has 0 saturated heterocycles. The van der Waals surface area contributed by atoms with Crippen LogP contribution >= 0.6 is 0 Å². The van der Waals surface area contributed by atoms with Gasteiger partial charge in [0.1, 0.15) is 0 Å². The van der Waals surface area contributed by atoms with E-state index in [9.17, 15) is 4.79 Å². The number of carbonyl (C=O) groups is 1. The van der Waals surface area contributed by atoms with Gasteiger partial charge in [-0.2, -0.15) is 0 Å². The molecule has 88 valence electrons. The Bertz CT molecular complexity index is 209. The molecule has 3 N–H and O–H groups in total. The first-order chi connectivity index (χ1) is 7.13. The van der Waals surface area contributed by atoms with E-state index in [4.69, 9.17) is 10.5 Å². The molecular weight excluding hydrogens is 192 g/mol. The highest BCUT2D eigenvalue weighted by molar-refractivity contribution is 5.82. The van der Waals surface area contributed by atoms with E-state index in [0.29, 0.717) is 13.0 Å². The highest BCUT2D eigenvalue weighted by Gasteiger charge is 2.37. The standard InChI is InChI=1S/C11H22N2O2/c1-3-11(6-4-7-11)13-10(14)9(12)5-8-15-2/h9H,3-8,12H2,1-2H3,(H,13,14). The number of hydrogen-bond acceptors (Lipinski definition) is 3. The van der Waals surface area contributed by atoms with E-state index in [-0.39, 0.29) is 11.4 Å². The van der Waals surface area contributed by atoms with E-state index in [1.807, 2.05) is 0 Å². The number of rotatable bonds is 6. The second-order valence-corrected chi connectivity index (χ2v) is 4.36. The van der Waals surface area contributed by atoms with Gasteiger partial charge in [-0.05, 0) is 32.1 Å². The molecule has 0 aromatic rings. The summed E-state index contributed by atoms with van der Waals surface area (Å²) in [5, 5.41) is 3.07. The van der Waals surface area contributed by atoms with Gasteiger partial charge >= 0.3 is 0 Å². The Hall–Kier alpha value is -0.610. The molecule has 0 aromatic heterocycles. The van der Waals surface area contributed by atoms with E-state index < -0.39 is 6.04 Å². The molecule has 1 aliphatic carbocycles. The van der Waals surface area contributed by atoms with Gasteiger partial charge in [-0.15, -0.1) is 0 Å². The molecule has 1 atom stereocenters. The van der Waals surface area contributed by atoms with Crippen LogP contribution in [0.3, 0.4) is 0 Å². The summed E-state index contributed by atoms with van der Waals surface area (Å²) < 4.78 is 4.90. The van der Waals surface area contributed by atoms with Crippen LogP contribution in [0.5, 0.6) is 0 Å². The van der Waals surface area contributed by atoms with Gasteiger partial charge in [-0.3, -0.25) is 4.79 Å². The van der Waals surface area contributed by atoms with Crippen LogP contribution in [-0.2, 0) is 9.53 Å². The molecular formula is C11H22N2O2. The fourth-order valence-corrected chi connectivity index (χ4v) is 1.90. The monoisotopic (exact) mass is 214 g/mol. The summed E-state index contributed by atoms with van der Waals surface area (Å²) >= 11 is 0. The summed E-state index contributed by atoms with van der Waals surface area (Å²) in [6.07, 6.45) is 4.97. The number of carbonyl (C=O) groups excluding carboxylic acids is 1. The van der Waals surface area contributed by atoms with E-state index in [1.165, 1.54) is 6.42 Å². The molecule has 4 heteroatoms. The van der Waals surface area contributed by atoms with Gasteiger partial charge in [0.25, 0.3) is 0 Å². The predicted molar refractivity (Wildman–Crippen MR) is 59.5 cm³/mol. The van der Waals surface area contributed by atoms with Crippen LogP contribution in [0, 0.1) is 0 Å². The van der Waals surface area contributed by atoms with E-state index in [0.717, 1.165) is 19.3 Å². The summed E-state index contributed by atoms with van der Waals surface area (Å²) in [5.74, 6) is -0.0337. The largest absolute Gasteiger partial charge is 0.385 e. The van der Waals surface area contributed by atoms with Gasteiger partial charge in [-0.25, -0.2) is 0 Å². The molecule has 1 rings (SSSR count). The Balaban J connectivity index is 2.33. The molecule has 1 fully saturated rings. The number of nitrogens with one attached hydrogen (secondary N) is 1. The fraction of sp³-hybridized carbons (Fsp3) is 0.909. The second kappa shape index (κ2) is 5.47. The van der Waals surface area contributed by atoms with Crippen molar-refractivity contribution in [1.29, 1.82) is 0 Å². The zero-order valence-electron chi connectivity index (χ0n) is 9.71. The Kier molecular flexibility index (Phi) is 4.54. The minimum absolute atomic E-state index is 0.0337. The molecule has 1 amide bonds. The number of nitrogens with two attached hydrogens (primary N) is 1. The number of amides is 1. The van der Waals surface area contributed by atoms with Crippen molar-refractivity contribution >= 4 is 5.91 Å². The second-order valence-electron chi connectivity index (χ2n) is 4.36. The maximum absolute atomic E-state index is 11.7. The minimum Gasteiger partial charge on any atom is -0.385 e. The lowest BCUT2D eigenvalue weighted by molar-refractivity contribution is -0.125. The highest BCUT2D eigenvalue weighted by atomic mass is 16.5. The Morgan fingerprint density at radius 1 is 1.60 bits per heavy atom. The van der Waals surface area contributed by atoms with Crippen molar-refractivity contribution in [2.75, 3.05) is 13.7 Å². The van der Waals surface area contributed by atoms with Crippen molar-refractivity contribution < 1.29 is 9.53 Å². The zero-order valence-corrected chi connectivity index (χ0v) is 9.71. The van der Waals surface area contributed by atoms with Crippen LogP contribution in [0.15, 0.2) is 0 Å². The summed E-state index contributed by atoms with van der Waals surface area (Å²) in [5.41, 5.74) is 5.80. The average molecular weight is 214 g/mol. The molecule has 0 bridgehead atoms. The van der Waals surface area contributed by atoms with E-state index in [1.54, 1.807) is 7.11 Å². The molecule has 1 unspecified atom stereocenters. The molecule has 4 nitrogen and oxygen atoms in total. The molecule has 15 heavy (non-hydrogen) atoms. The predicted octanol–water partition coefficient (Wildman–Crippen LogP) is 0.799. The molecule has 0 heterocycles. The number of methoxy groups -OCH3 is 1. The highest BCUT2D eigenvalue weighted by Crippen LogP contribution is 2.34. The lowest BCUT2D eigenvalue weighted by Gasteiger charge is -2.42. The maximum Gasteiger partial charge on any atom is 0.237 e. The Morgan fingerprint density at radius 2 is 2.27 bits per heavy atom. The third-order valence-corrected chi connectivity index (χ3v) is 3.35. The Labute approximate surface area is 91.5 Å². The number of ether oxygens (including phenoxy) is 1. The van der Waals surface area contributed by atoms with Crippen LogP contribution in [0.2, 0.25) is 0 Å². The van der Waals surface area contributed by atoms with Gasteiger partial charge in [-0.1, -0.05) is 6.92 Å². The van der Waals surface area contributed by atoms with Crippen molar-refractivity contribution in [3.05, 3.63) is 0 Å². The summed E-state index contributed by atoms with van der Waals surface area (Å²) in [6.45, 7) is 2.65.